The van der Waals surface area contributed by atoms with Crippen molar-refractivity contribution in [2.75, 3.05) is 25.0 Å². The number of fused-ring (bicyclic) bond motifs is 2. The van der Waals surface area contributed by atoms with E-state index in [0.29, 0.717) is 30.9 Å². The summed E-state index contributed by atoms with van der Waals surface area (Å²) in [5.41, 5.74) is 5.69. The zero-order valence-corrected chi connectivity index (χ0v) is 16.8. The number of amides is 1. The number of nitrogens with one attached hydrogen (secondary N) is 1. The van der Waals surface area contributed by atoms with Gasteiger partial charge in [0.2, 0.25) is 0 Å². The Morgan fingerprint density at radius 1 is 1.10 bits per heavy atom. The number of β-amino-alcohol motifs (C(OH)–C–C–N with tert-alkyl or cyclic N) is 1. The van der Waals surface area contributed by atoms with Crippen LogP contribution < -0.4 is 5.32 Å². The highest BCUT2D eigenvalue weighted by molar-refractivity contribution is 6.36. The van der Waals surface area contributed by atoms with E-state index in [1.807, 2.05) is 24.3 Å². The Morgan fingerprint density at radius 2 is 1.97 bits per heavy atom. The van der Waals surface area contributed by atoms with E-state index in [1.165, 1.54) is 5.56 Å². The molecule has 1 amide bonds. The van der Waals surface area contributed by atoms with E-state index in [9.17, 15) is 15.0 Å². The molecule has 2 atom stereocenters. The minimum Gasteiger partial charge on any atom is -0.487 e. The molecular formula is C24H26N2O4. The average Bonchev–Trinajstić information content (AvgIpc) is 3.29. The van der Waals surface area contributed by atoms with Crippen LogP contribution in [0.4, 0.5) is 5.69 Å². The zero-order chi connectivity index (χ0) is 20.7. The highest BCUT2D eigenvalue weighted by atomic mass is 16.5. The molecule has 6 heteroatoms. The molecule has 0 aliphatic carbocycles. The number of hydrogen-bond acceptors (Lipinski definition) is 5. The summed E-state index contributed by atoms with van der Waals surface area (Å²) in [7, 11) is 0. The summed E-state index contributed by atoms with van der Waals surface area (Å²) in [6.45, 7) is 2.76. The molecule has 0 radical (unpaired) electrons. The Labute approximate surface area is 175 Å². The number of anilines is 1. The maximum Gasteiger partial charge on any atom is 0.260 e. The van der Waals surface area contributed by atoms with Gasteiger partial charge in [-0.3, -0.25) is 4.79 Å². The van der Waals surface area contributed by atoms with Gasteiger partial charge in [0.1, 0.15) is 12.4 Å². The molecule has 1 saturated heterocycles. The Morgan fingerprint density at radius 3 is 2.83 bits per heavy atom. The van der Waals surface area contributed by atoms with Gasteiger partial charge >= 0.3 is 0 Å². The first-order chi connectivity index (χ1) is 14.6. The number of aliphatic hydroxyl groups excluding tert-OH is 2. The van der Waals surface area contributed by atoms with Gasteiger partial charge in [-0.25, -0.2) is 0 Å². The van der Waals surface area contributed by atoms with Crippen LogP contribution in [-0.2, 0) is 22.6 Å². The third kappa shape index (κ3) is 3.51. The van der Waals surface area contributed by atoms with Crippen LogP contribution in [0.5, 0.6) is 0 Å². The monoisotopic (exact) mass is 406 g/mol. The normalized spacial score (nSPS) is 25.6. The molecule has 1 fully saturated rings. The number of likely N-dealkylation sites (tertiary alicyclic amines) is 1. The van der Waals surface area contributed by atoms with Gasteiger partial charge in [-0.1, -0.05) is 36.4 Å². The standard InChI is InChI=1S/C24H26N2O4/c27-20-9-11-26(13-21(20)28)10-3-4-15-7-8-17-16(12-15)14-30-23(17)22-18-5-1-2-6-19(18)25-24(22)29/h1-2,5-8,12,20-21,27-28H,3-4,9-11,13-14H2,(H,25,29)/b23-22-. The second kappa shape index (κ2) is 7.87. The number of para-hydroxylation sites is 1. The molecule has 0 saturated carbocycles. The number of aliphatic hydroxyl groups is 2. The molecule has 30 heavy (non-hydrogen) atoms. The van der Waals surface area contributed by atoms with Crippen molar-refractivity contribution in [3.63, 3.8) is 0 Å². The van der Waals surface area contributed by atoms with E-state index in [4.69, 9.17) is 4.74 Å². The highest BCUT2D eigenvalue weighted by Gasteiger charge is 2.32. The number of carbonyl (C=O) groups is 1. The van der Waals surface area contributed by atoms with Gasteiger partial charge in [0.15, 0.2) is 0 Å². The van der Waals surface area contributed by atoms with Gasteiger partial charge in [0.25, 0.3) is 5.91 Å². The summed E-state index contributed by atoms with van der Waals surface area (Å²) >= 11 is 0. The first-order valence-electron chi connectivity index (χ1n) is 10.6. The average molecular weight is 406 g/mol. The summed E-state index contributed by atoms with van der Waals surface area (Å²) < 4.78 is 5.97. The fourth-order valence-electron chi connectivity index (χ4n) is 4.62. The van der Waals surface area contributed by atoms with Crippen LogP contribution in [0.1, 0.15) is 35.1 Å². The molecule has 6 nitrogen and oxygen atoms in total. The van der Waals surface area contributed by atoms with Crippen LogP contribution in [-0.4, -0.2) is 52.9 Å². The third-order valence-electron chi connectivity index (χ3n) is 6.26. The molecule has 0 spiro atoms. The van der Waals surface area contributed by atoms with E-state index in [0.717, 1.165) is 48.3 Å². The van der Waals surface area contributed by atoms with Crippen LogP contribution in [0.25, 0.3) is 11.3 Å². The van der Waals surface area contributed by atoms with Crippen LogP contribution in [0, 0.1) is 0 Å². The number of piperidine rings is 1. The van der Waals surface area contributed by atoms with Gasteiger partial charge in [-0.05, 0) is 37.4 Å². The lowest BCUT2D eigenvalue weighted by Crippen LogP contribution is -2.46. The van der Waals surface area contributed by atoms with Crippen molar-refractivity contribution in [2.45, 2.75) is 38.1 Å². The minimum atomic E-state index is -0.639. The smallest absolute Gasteiger partial charge is 0.260 e. The first kappa shape index (κ1) is 19.3. The molecule has 2 aromatic rings. The minimum absolute atomic E-state index is 0.114. The molecule has 156 valence electrons. The molecule has 2 aromatic carbocycles. The second-order valence-corrected chi connectivity index (χ2v) is 8.31. The van der Waals surface area contributed by atoms with Crippen molar-refractivity contribution < 1.29 is 19.7 Å². The van der Waals surface area contributed by atoms with Crippen LogP contribution >= 0.6 is 0 Å². The molecule has 0 bridgehead atoms. The van der Waals surface area contributed by atoms with E-state index in [1.54, 1.807) is 0 Å². The fraction of sp³-hybridized carbons (Fsp3) is 0.375. The van der Waals surface area contributed by atoms with Crippen LogP contribution in [0.2, 0.25) is 0 Å². The Bertz CT molecular complexity index is 1020. The van der Waals surface area contributed by atoms with Gasteiger partial charge < -0.3 is 25.2 Å². The Kier molecular flexibility index (Phi) is 5.06. The second-order valence-electron chi connectivity index (χ2n) is 8.31. The molecule has 3 N–H and O–H groups in total. The third-order valence-corrected chi connectivity index (χ3v) is 6.26. The molecular weight excluding hydrogens is 380 g/mol. The molecule has 3 heterocycles. The van der Waals surface area contributed by atoms with E-state index in [-0.39, 0.29) is 5.91 Å². The van der Waals surface area contributed by atoms with Gasteiger partial charge in [0, 0.05) is 35.5 Å². The predicted molar refractivity (Wildman–Crippen MR) is 115 cm³/mol. The number of benzene rings is 2. The maximum atomic E-state index is 12.5. The SMILES string of the molecule is O=C1Nc2ccccc2/C1=C1/OCc2cc(CCCN3CCC(O)C(O)C3)ccc21. The predicted octanol–water partition coefficient (Wildman–Crippen LogP) is 2.40. The summed E-state index contributed by atoms with van der Waals surface area (Å²) in [4.78, 5) is 14.8. The molecule has 3 aliphatic heterocycles. The maximum absolute atomic E-state index is 12.5. The highest BCUT2D eigenvalue weighted by Crippen LogP contribution is 2.41. The summed E-state index contributed by atoms with van der Waals surface area (Å²) in [5, 5.41) is 22.4. The lowest BCUT2D eigenvalue weighted by atomic mass is 9.98. The van der Waals surface area contributed by atoms with Crippen molar-refractivity contribution in [2.24, 2.45) is 0 Å². The fourth-order valence-corrected chi connectivity index (χ4v) is 4.62. The number of nitrogens with zero attached hydrogens (tertiary/aromatic N) is 1. The van der Waals surface area contributed by atoms with Crippen LogP contribution in [0.15, 0.2) is 42.5 Å². The van der Waals surface area contributed by atoms with E-state index in [2.05, 4.69) is 28.4 Å². The molecule has 0 aromatic heterocycles. The molecule has 3 aliphatic rings. The Hall–Kier alpha value is -2.67. The summed E-state index contributed by atoms with van der Waals surface area (Å²) in [5.74, 6) is 0.553. The van der Waals surface area contributed by atoms with Crippen LogP contribution in [0.3, 0.4) is 0 Å². The number of rotatable bonds is 4. The van der Waals surface area contributed by atoms with Crippen molar-refractivity contribution >= 4 is 22.9 Å². The lowest BCUT2D eigenvalue weighted by molar-refractivity contribution is -0.110. The van der Waals surface area contributed by atoms with Gasteiger partial charge in [0.05, 0.1) is 17.8 Å². The van der Waals surface area contributed by atoms with Crippen molar-refractivity contribution in [3.05, 3.63) is 64.7 Å². The number of aryl methyl sites for hydroxylation is 1. The van der Waals surface area contributed by atoms with Gasteiger partial charge in [-0.2, -0.15) is 0 Å². The van der Waals surface area contributed by atoms with E-state index < -0.39 is 12.2 Å². The summed E-state index contributed by atoms with van der Waals surface area (Å²) in [6.07, 6.45) is 1.34. The van der Waals surface area contributed by atoms with E-state index >= 15 is 0 Å². The topological polar surface area (TPSA) is 82.0 Å². The lowest BCUT2D eigenvalue weighted by Gasteiger charge is -2.33. The van der Waals surface area contributed by atoms with Crippen molar-refractivity contribution in [3.8, 4) is 0 Å². The largest absolute Gasteiger partial charge is 0.487 e. The Balaban J connectivity index is 1.29. The number of ether oxygens (including phenoxy) is 1. The molecule has 5 rings (SSSR count). The zero-order valence-electron chi connectivity index (χ0n) is 16.8. The van der Waals surface area contributed by atoms with Crippen molar-refractivity contribution in [1.82, 2.24) is 4.90 Å². The summed E-state index contributed by atoms with van der Waals surface area (Å²) in [6, 6.07) is 14.0. The number of hydrogen-bond donors (Lipinski definition) is 3. The first-order valence-corrected chi connectivity index (χ1v) is 10.6. The van der Waals surface area contributed by atoms with Gasteiger partial charge in [-0.15, -0.1) is 0 Å². The number of carbonyl (C=O) groups excluding carboxylic acids is 1. The quantitative estimate of drug-likeness (QED) is 0.680. The molecule has 2 unspecified atom stereocenters. The van der Waals surface area contributed by atoms with Crippen molar-refractivity contribution in [1.29, 1.82) is 0 Å².